The molecule has 0 aromatic carbocycles. The first kappa shape index (κ1) is 14.1. The molecule has 4 heteroatoms. The highest BCUT2D eigenvalue weighted by atomic mass is 16.4. The zero-order chi connectivity index (χ0) is 13.9. The molecule has 1 aliphatic rings. The van der Waals surface area contributed by atoms with Crippen molar-refractivity contribution in [2.75, 3.05) is 6.54 Å². The van der Waals surface area contributed by atoms with Crippen LogP contribution in [0.5, 0.6) is 0 Å². The molecular formula is C15H23NO3. The van der Waals surface area contributed by atoms with Gasteiger partial charge in [0, 0.05) is 5.41 Å². The molecule has 0 aliphatic heterocycles. The summed E-state index contributed by atoms with van der Waals surface area (Å²) in [6.07, 6.45) is 6.54. The molecule has 1 saturated carbocycles. The van der Waals surface area contributed by atoms with Crippen LogP contribution in [0.4, 0.5) is 0 Å². The lowest BCUT2D eigenvalue weighted by Gasteiger charge is -2.28. The van der Waals surface area contributed by atoms with Gasteiger partial charge in [0.15, 0.2) is 0 Å². The molecule has 0 saturated heterocycles. The number of hydrogen-bond donors (Lipinski definition) is 2. The van der Waals surface area contributed by atoms with Crippen LogP contribution in [0.2, 0.25) is 0 Å². The molecule has 2 N–H and O–H groups in total. The Bertz CT molecular complexity index is 417. The first-order chi connectivity index (χ1) is 9.00. The quantitative estimate of drug-likeness (QED) is 0.860. The number of nitrogens with one attached hydrogen (secondary N) is 1. The summed E-state index contributed by atoms with van der Waals surface area (Å²) in [4.78, 5) is 12.4. The predicted octanol–water partition coefficient (Wildman–Crippen LogP) is 2.57. The van der Waals surface area contributed by atoms with Crippen LogP contribution in [-0.4, -0.2) is 17.6 Å². The maximum absolute atomic E-state index is 12.4. The Kier molecular flexibility index (Phi) is 3.99. The van der Waals surface area contributed by atoms with Crippen molar-refractivity contribution in [2.45, 2.75) is 51.6 Å². The standard InChI is InChI=1S/C15H23NO3/c1-3-15(8-4-5-9-15)13(17)16-11-14(2,18)12-7-6-10-19-12/h6-7,10,18H,3-5,8-9,11H2,1-2H3,(H,16,17). The van der Waals surface area contributed by atoms with Gasteiger partial charge in [0.2, 0.25) is 5.91 Å². The molecule has 2 rings (SSSR count). The average Bonchev–Trinajstić information content (AvgIpc) is 3.07. The minimum absolute atomic E-state index is 0.0688. The second-order valence-electron chi connectivity index (χ2n) is 5.77. The Labute approximate surface area is 114 Å². The van der Waals surface area contributed by atoms with Crippen LogP contribution < -0.4 is 5.32 Å². The Morgan fingerprint density at radius 2 is 2.21 bits per heavy atom. The van der Waals surface area contributed by atoms with Gasteiger partial charge in [-0.3, -0.25) is 4.79 Å². The van der Waals surface area contributed by atoms with Gasteiger partial charge in [-0.1, -0.05) is 19.8 Å². The Hall–Kier alpha value is -1.29. The second kappa shape index (κ2) is 5.37. The number of carbonyl (C=O) groups is 1. The van der Waals surface area contributed by atoms with Crippen LogP contribution >= 0.6 is 0 Å². The molecule has 1 aliphatic carbocycles. The van der Waals surface area contributed by atoms with Crippen LogP contribution in [0, 0.1) is 5.41 Å². The van der Waals surface area contributed by atoms with Crippen molar-refractivity contribution < 1.29 is 14.3 Å². The first-order valence-electron chi connectivity index (χ1n) is 7.05. The molecule has 1 heterocycles. The molecule has 1 unspecified atom stereocenters. The Morgan fingerprint density at radius 1 is 1.53 bits per heavy atom. The Balaban J connectivity index is 1.97. The summed E-state index contributed by atoms with van der Waals surface area (Å²) in [6, 6.07) is 3.45. The fourth-order valence-corrected chi connectivity index (χ4v) is 2.90. The zero-order valence-electron chi connectivity index (χ0n) is 11.7. The average molecular weight is 265 g/mol. The normalized spacial score (nSPS) is 21.0. The van der Waals surface area contributed by atoms with E-state index in [9.17, 15) is 9.90 Å². The lowest BCUT2D eigenvalue weighted by atomic mass is 9.82. The van der Waals surface area contributed by atoms with Gasteiger partial charge < -0.3 is 14.8 Å². The number of aliphatic hydroxyl groups is 1. The fourth-order valence-electron chi connectivity index (χ4n) is 2.90. The number of furan rings is 1. The van der Waals surface area contributed by atoms with Crippen molar-refractivity contribution in [2.24, 2.45) is 5.41 Å². The molecular weight excluding hydrogens is 242 g/mol. The van der Waals surface area contributed by atoms with Crippen LogP contribution in [0.25, 0.3) is 0 Å². The van der Waals surface area contributed by atoms with E-state index in [2.05, 4.69) is 12.2 Å². The van der Waals surface area contributed by atoms with E-state index in [1.165, 1.54) is 6.26 Å². The van der Waals surface area contributed by atoms with E-state index in [-0.39, 0.29) is 17.9 Å². The molecule has 4 nitrogen and oxygen atoms in total. The van der Waals surface area contributed by atoms with E-state index < -0.39 is 5.60 Å². The SMILES string of the molecule is CCC1(C(=O)NCC(C)(O)c2ccco2)CCCC1. The summed E-state index contributed by atoms with van der Waals surface area (Å²) >= 11 is 0. The van der Waals surface area contributed by atoms with Crippen LogP contribution in [-0.2, 0) is 10.4 Å². The highest BCUT2D eigenvalue weighted by Gasteiger charge is 2.40. The summed E-state index contributed by atoms with van der Waals surface area (Å²) in [5, 5.41) is 13.2. The van der Waals surface area contributed by atoms with Gasteiger partial charge in [-0.15, -0.1) is 0 Å². The third kappa shape index (κ3) is 2.84. The maximum atomic E-state index is 12.4. The molecule has 1 aromatic rings. The monoisotopic (exact) mass is 265 g/mol. The van der Waals surface area contributed by atoms with E-state index in [4.69, 9.17) is 4.42 Å². The van der Waals surface area contributed by atoms with Crippen LogP contribution in [0.15, 0.2) is 22.8 Å². The van der Waals surface area contributed by atoms with E-state index in [0.717, 1.165) is 32.1 Å². The minimum atomic E-state index is -1.16. The number of carbonyl (C=O) groups excluding carboxylic acids is 1. The lowest BCUT2D eigenvalue weighted by Crippen LogP contribution is -2.45. The summed E-state index contributed by atoms with van der Waals surface area (Å²) in [7, 11) is 0. The van der Waals surface area contributed by atoms with E-state index in [1.54, 1.807) is 19.1 Å². The van der Waals surface area contributed by atoms with E-state index in [1.807, 2.05) is 0 Å². The number of rotatable bonds is 5. The molecule has 1 atom stereocenters. The highest BCUT2D eigenvalue weighted by Crippen LogP contribution is 2.41. The van der Waals surface area contributed by atoms with Crippen molar-refractivity contribution in [1.29, 1.82) is 0 Å². The van der Waals surface area contributed by atoms with Gasteiger partial charge in [-0.25, -0.2) is 0 Å². The molecule has 0 bridgehead atoms. The Morgan fingerprint density at radius 3 is 2.74 bits per heavy atom. The summed E-state index contributed by atoms with van der Waals surface area (Å²) < 4.78 is 5.21. The van der Waals surface area contributed by atoms with Crippen molar-refractivity contribution in [3.8, 4) is 0 Å². The van der Waals surface area contributed by atoms with Crippen LogP contribution in [0.1, 0.15) is 51.7 Å². The maximum Gasteiger partial charge on any atom is 0.226 e. The fraction of sp³-hybridized carbons (Fsp3) is 0.667. The number of amides is 1. The molecule has 0 spiro atoms. The lowest BCUT2D eigenvalue weighted by molar-refractivity contribution is -0.132. The van der Waals surface area contributed by atoms with Gasteiger partial charge in [0.1, 0.15) is 11.4 Å². The topological polar surface area (TPSA) is 62.5 Å². The largest absolute Gasteiger partial charge is 0.466 e. The predicted molar refractivity (Wildman–Crippen MR) is 72.5 cm³/mol. The van der Waals surface area contributed by atoms with Crippen LogP contribution in [0.3, 0.4) is 0 Å². The molecule has 1 aromatic heterocycles. The third-order valence-corrected chi connectivity index (χ3v) is 4.36. The van der Waals surface area contributed by atoms with Crippen molar-refractivity contribution in [3.05, 3.63) is 24.2 Å². The third-order valence-electron chi connectivity index (χ3n) is 4.36. The van der Waals surface area contributed by atoms with Gasteiger partial charge >= 0.3 is 0 Å². The zero-order valence-corrected chi connectivity index (χ0v) is 11.7. The smallest absolute Gasteiger partial charge is 0.226 e. The van der Waals surface area contributed by atoms with E-state index in [0.29, 0.717) is 5.76 Å². The van der Waals surface area contributed by atoms with Crippen molar-refractivity contribution in [3.63, 3.8) is 0 Å². The molecule has 19 heavy (non-hydrogen) atoms. The molecule has 1 amide bonds. The summed E-state index contributed by atoms with van der Waals surface area (Å²) in [5.74, 6) is 0.545. The van der Waals surface area contributed by atoms with Gasteiger partial charge in [0.05, 0.1) is 12.8 Å². The summed E-state index contributed by atoms with van der Waals surface area (Å²) in [6.45, 7) is 3.90. The van der Waals surface area contributed by atoms with E-state index >= 15 is 0 Å². The van der Waals surface area contributed by atoms with Gasteiger partial charge in [-0.2, -0.15) is 0 Å². The first-order valence-corrected chi connectivity index (χ1v) is 7.05. The van der Waals surface area contributed by atoms with Crippen molar-refractivity contribution >= 4 is 5.91 Å². The van der Waals surface area contributed by atoms with Crippen molar-refractivity contribution in [1.82, 2.24) is 5.32 Å². The molecule has 1 fully saturated rings. The highest BCUT2D eigenvalue weighted by molar-refractivity contribution is 5.82. The van der Waals surface area contributed by atoms with Gasteiger partial charge in [0.25, 0.3) is 0 Å². The summed E-state index contributed by atoms with van der Waals surface area (Å²) in [5.41, 5.74) is -1.38. The minimum Gasteiger partial charge on any atom is -0.466 e. The van der Waals surface area contributed by atoms with Gasteiger partial charge in [-0.05, 0) is 38.3 Å². The molecule has 106 valence electrons. The number of hydrogen-bond acceptors (Lipinski definition) is 3. The second-order valence-corrected chi connectivity index (χ2v) is 5.77. The molecule has 0 radical (unpaired) electrons.